The summed E-state index contributed by atoms with van der Waals surface area (Å²) >= 11 is 1.65. The summed E-state index contributed by atoms with van der Waals surface area (Å²) in [7, 11) is 1.54. The number of ether oxygens (including phenoxy) is 3. The number of thiazole rings is 1. The zero-order chi connectivity index (χ0) is 16.9. The number of carbonyl (C=O) groups is 1. The molecule has 0 atom stereocenters. The molecule has 1 aliphatic heterocycles. The van der Waals surface area contributed by atoms with Crippen LogP contribution in [-0.2, 0) is 6.42 Å². The fourth-order valence-electron chi connectivity index (χ4n) is 2.32. The van der Waals surface area contributed by atoms with E-state index in [0.717, 1.165) is 23.5 Å². The van der Waals surface area contributed by atoms with Crippen LogP contribution in [0.5, 0.6) is 17.2 Å². The molecule has 2 aromatic rings. The molecule has 2 amide bonds. The van der Waals surface area contributed by atoms with Crippen molar-refractivity contribution in [2.24, 2.45) is 0 Å². The van der Waals surface area contributed by atoms with E-state index in [0.29, 0.717) is 29.5 Å². The molecule has 128 valence electrons. The van der Waals surface area contributed by atoms with Gasteiger partial charge in [0.2, 0.25) is 6.79 Å². The number of amides is 2. The van der Waals surface area contributed by atoms with Gasteiger partial charge in [0.15, 0.2) is 11.5 Å². The molecule has 0 fully saturated rings. The zero-order valence-corrected chi connectivity index (χ0v) is 14.4. The number of hydrogen-bond acceptors (Lipinski definition) is 6. The smallest absolute Gasteiger partial charge is 0.319 e. The lowest BCUT2D eigenvalue weighted by atomic mass is 10.2. The third-order valence-corrected chi connectivity index (χ3v) is 4.49. The highest BCUT2D eigenvalue weighted by Gasteiger charge is 2.18. The molecule has 0 bridgehead atoms. The minimum absolute atomic E-state index is 0.171. The first-order valence-electron chi connectivity index (χ1n) is 7.59. The van der Waals surface area contributed by atoms with E-state index in [4.69, 9.17) is 14.2 Å². The molecule has 0 saturated heterocycles. The highest BCUT2D eigenvalue weighted by atomic mass is 32.1. The molecule has 1 aromatic carbocycles. The van der Waals surface area contributed by atoms with Gasteiger partial charge in [-0.15, -0.1) is 11.3 Å². The van der Waals surface area contributed by atoms with E-state index >= 15 is 0 Å². The van der Waals surface area contributed by atoms with Gasteiger partial charge in [-0.1, -0.05) is 0 Å². The number of nitrogens with zero attached hydrogens (tertiary/aromatic N) is 1. The molecule has 2 heterocycles. The Kier molecular flexibility index (Phi) is 5.05. The zero-order valence-electron chi connectivity index (χ0n) is 13.5. The van der Waals surface area contributed by atoms with E-state index in [1.54, 1.807) is 23.5 Å². The number of rotatable bonds is 6. The number of methoxy groups -OCH3 is 1. The van der Waals surface area contributed by atoms with E-state index in [9.17, 15) is 4.79 Å². The predicted octanol–water partition coefficient (Wildman–Crippen LogP) is 2.94. The minimum atomic E-state index is -0.289. The summed E-state index contributed by atoms with van der Waals surface area (Å²) < 4.78 is 15.9. The number of carbonyl (C=O) groups excluding carboxylic acids is 1. The maximum atomic E-state index is 12.0. The summed E-state index contributed by atoms with van der Waals surface area (Å²) in [5.74, 6) is 1.72. The van der Waals surface area contributed by atoms with Gasteiger partial charge in [0, 0.05) is 36.2 Å². The molecule has 2 N–H and O–H groups in total. The van der Waals surface area contributed by atoms with Gasteiger partial charge >= 0.3 is 6.03 Å². The van der Waals surface area contributed by atoms with E-state index in [2.05, 4.69) is 15.6 Å². The van der Waals surface area contributed by atoms with Crippen molar-refractivity contribution in [1.82, 2.24) is 10.3 Å². The molecule has 24 heavy (non-hydrogen) atoms. The molecule has 0 radical (unpaired) electrons. The predicted molar refractivity (Wildman–Crippen MR) is 91.3 cm³/mol. The maximum Gasteiger partial charge on any atom is 0.319 e. The monoisotopic (exact) mass is 349 g/mol. The van der Waals surface area contributed by atoms with Crippen molar-refractivity contribution in [2.75, 3.05) is 25.8 Å². The molecule has 0 unspecified atom stereocenters. The number of nitrogens with one attached hydrogen (secondary N) is 2. The van der Waals surface area contributed by atoms with Crippen molar-refractivity contribution in [3.8, 4) is 17.2 Å². The first-order chi connectivity index (χ1) is 11.7. The number of aromatic nitrogens is 1. The third-order valence-electron chi connectivity index (χ3n) is 3.46. The third kappa shape index (κ3) is 3.88. The molecule has 0 spiro atoms. The molecule has 1 aromatic heterocycles. The van der Waals surface area contributed by atoms with Crippen LogP contribution in [0.4, 0.5) is 10.5 Å². The fraction of sp³-hybridized carbons (Fsp3) is 0.375. The van der Waals surface area contributed by atoms with Crippen LogP contribution in [0.3, 0.4) is 0 Å². The first kappa shape index (κ1) is 16.4. The average molecular weight is 349 g/mol. The van der Waals surface area contributed by atoms with Crippen molar-refractivity contribution in [3.05, 3.63) is 28.2 Å². The van der Waals surface area contributed by atoms with Gasteiger partial charge in [-0.05, 0) is 13.3 Å². The number of benzene rings is 1. The highest BCUT2D eigenvalue weighted by Crippen LogP contribution is 2.40. The van der Waals surface area contributed by atoms with E-state index in [1.165, 1.54) is 7.11 Å². The molecule has 3 rings (SSSR count). The quantitative estimate of drug-likeness (QED) is 0.784. The van der Waals surface area contributed by atoms with Gasteiger partial charge in [-0.25, -0.2) is 9.78 Å². The van der Waals surface area contributed by atoms with Crippen LogP contribution in [0.15, 0.2) is 17.5 Å². The number of urea groups is 1. The van der Waals surface area contributed by atoms with E-state index < -0.39 is 0 Å². The Labute approximate surface area is 143 Å². The van der Waals surface area contributed by atoms with Crippen LogP contribution in [0.2, 0.25) is 0 Å². The first-order valence-corrected chi connectivity index (χ1v) is 8.47. The van der Waals surface area contributed by atoms with Crippen molar-refractivity contribution < 1.29 is 19.0 Å². The SMILES string of the molecule is COc1cc2c(cc1NC(=O)NCCCc1nc(C)cs1)OCO2. The highest BCUT2D eigenvalue weighted by molar-refractivity contribution is 7.09. The summed E-state index contributed by atoms with van der Waals surface area (Å²) in [4.78, 5) is 16.4. The molecular formula is C16H19N3O4S. The van der Waals surface area contributed by atoms with Crippen LogP contribution < -0.4 is 24.8 Å². The molecule has 0 saturated carbocycles. The second-order valence-corrected chi connectivity index (χ2v) is 6.22. The summed E-state index contributed by atoms with van der Waals surface area (Å²) in [6.45, 7) is 2.71. The van der Waals surface area contributed by atoms with Crippen molar-refractivity contribution in [3.63, 3.8) is 0 Å². The molecule has 1 aliphatic rings. The topological polar surface area (TPSA) is 81.7 Å². The average Bonchev–Trinajstić information content (AvgIpc) is 3.19. The standard InChI is InChI=1S/C16H19N3O4S/c1-10-8-24-15(18-10)4-3-5-17-16(20)19-11-6-13-14(23-9-22-13)7-12(11)21-2/h6-8H,3-5,9H2,1-2H3,(H2,17,19,20). The lowest BCUT2D eigenvalue weighted by Gasteiger charge is -2.12. The molecule has 8 heteroatoms. The lowest BCUT2D eigenvalue weighted by Crippen LogP contribution is -2.29. The van der Waals surface area contributed by atoms with Gasteiger partial charge in [-0.3, -0.25) is 0 Å². The van der Waals surface area contributed by atoms with Gasteiger partial charge in [0.1, 0.15) is 5.75 Å². The van der Waals surface area contributed by atoms with Crippen LogP contribution in [0, 0.1) is 6.92 Å². The number of aryl methyl sites for hydroxylation is 2. The Hall–Kier alpha value is -2.48. The van der Waals surface area contributed by atoms with Gasteiger partial charge < -0.3 is 24.8 Å². The molecule has 0 aliphatic carbocycles. The molecule has 7 nitrogen and oxygen atoms in total. The second kappa shape index (κ2) is 7.39. The van der Waals surface area contributed by atoms with Crippen molar-refractivity contribution in [2.45, 2.75) is 19.8 Å². The van der Waals surface area contributed by atoms with Crippen LogP contribution in [0.25, 0.3) is 0 Å². The van der Waals surface area contributed by atoms with Crippen molar-refractivity contribution in [1.29, 1.82) is 0 Å². The van der Waals surface area contributed by atoms with Gasteiger partial charge in [-0.2, -0.15) is 0 Å². The van der Waals surface area contributed by atoms with Crippen LogP contribution in [0.1, 0.15) is 17.1 Å². The number of hydrogen-bond donors (Lipinski definition) is 2. The van der Waals surface area contributed by atoms with Crippen LogP contribution >= 0.6 is 11.3 Å². The van der Waals surface area contributed by atoms with Gasteiger partial charge in [0.05, 0.1) is 17.8 Å². The Morgan fingerprint density at radius 1 is 1.38 bits per heavy atom. The van der Waals surface area contributed by atoms with Gasteiger partial charge in [0.25, 0.3) is 0 Å². The van der Waals surface area contributed by atoms with E-state index in [-0.39, 0.29) is 12.8 Å². The Bertz CT molecular complexity index is 732. The Morgan fingerprint density at radius 3 is 2.88 bits per heavy atom. The number of anilines is 1. The Morgan fingerprint density at radius 2 is 2.17 bits per heavy atom. The summed E-state index contributed by atoms with van der Waals surface area (Å²) in [6.07, 6.45) is 1.69. The minimum Gasteiger partial charge on any atom is -0.494 e. The maximum absolute atomic E-state index is 12.0. The number of fused-ring (bicyclic) bond motifs is 1. The Balaban J connectivity index is 1.49. The molecular weight excluding hydrogens is 330 g/mol. The summed E-state index contributed by atoms with van der Waals surface area (Å²) in [5, 5.41) is 8.72. The summed E-state index contributed by atoms with van der Waals surface area (Å²) in [5.41, 5.74) is 1.57. The fourth-order valence-corrected chi connectivity index (χ4v) is 3.13. The van der Waals surface area contributed by atoms with Crippen LogP contribution in [-0.4, -0.2) is 31.5 Å². The van der Waals surface area contributed by atoms with Crippen molar-refractivity contribution >= 4 is 23.1 Å². The normalized spacial score (nSPS) is 12.1. The second-order valence-electron chi connectivity index (χ2n) is 5.27. The summed E-state index contributed by atoms with van der Waals surface area (Å²) in [6, 6.07) is 3.10. The lowest BCUT2D eigenvalue weighted by molar-refractivity contribution is 0.174. The van der Waals surface area contributed by atoms with E-state index in [1.807, 2.05) is 12.3 Å². The largest absolute Gasteiger partial charge is 0.494 e.